The summed E-state index contributed by atoms with van der Waals surface area (Å²) in [5.74, 6) is 1.23. The Kier molecular flexibility index (Phi) is 11.5. The van der Waals surface area contributed by atoms with Crippen molar-refractivity contribution in [2.75, 3.05) is 38.8 Å². The molecular formula is C10H24N2OS. The molecule has 14 heavy (non-hydrogen) atoms. The molecule has 0 aromatic rings. The van der Waals surface area contributed by atoms with Crippen LogP contribution in [0.1, 0.15) is 19.3 Å². The fraction of sp³-hybridized carbons (Fsp3) is 1.00. The average molecular weight is 220 g/mol. The van der Waals surface area contributed by atoms with Gasteiger partial charge >= 0.3 is 0 Å². The highest BCUT2D eigenvalue weighted by molar-refractivity contribution is 7.98. The van der Waals surface area contributed by atoms with Gasteiger partial charge in [-0.2, -0.15) is 11.8 Å². The van der Waals surface area contributed by atoms with Crippen molar-refractivity contribution in [2.45, 2.75) is 25.3 Å². The molecule has 0 aliphatic heterocycles. The monoisotopic (exact) mass is 220 g/mol. The molecule has 0 rings (SSSR count). The van der Waals surface area contributed by atoms with Gasteiger partial charge in [-0.1, -0.05) is 0 Å². The van der Waals surface area contributed by atoms with Crippen LogP contribution in [0.25, 0.3) is 0 Å². The van der Waals surface area contributed by atoms with Gasteiger partial charge in [0, 0.05) is 13.2 Å². The van der Waals surface area contributed by atoms with Crippen LogP contribution in [0.5, 0.6) is 0 Å². The minimum absolute atomic E-state index is 0.477. The first-order valence-corrected chi connectivity index (χ1v) is 6.65. The number of hydrogen-bond donors (Lipinski definition) is 2. The number of rotatable bonds is 10. The normalized spacial score (nSPS) is 13.1. The van der Waals surface area contributed by atoms with Crippen LogP contribution in [0.15, 0.2) is 0 Å². The van der Waals surface area contributed by atoms with Crippen LogP contribution in [0, 0.1) is 0 Å². The highest BCUT2D eigenvalue weighted by atomic mass is 32.2. The van der Waals surface area contributed by atoms with E-state index in [1.54, 1.807) is 7.11 Å². The smallest absolute Gasteiger partial charge is 0.0615 e. The SMILES string of the molecule is COCC(CCCN)NCCCSC. The standard InChI is InChI=1S/C10H24N2OS/c1-13-9-10(5-3-6-11)12-7-4-8-14-2/h10,12H,3-9,11H2,1-2H3. The third kappa shape index (κ3) is 8.81. The van der Waals surface area contributed by atoms with Crippen LogP contribution >= 0.6 is 11.8 Å². The van der Waals surface area contributed by atoms with Crippen molar-refractivity contribution in [3.63, 3.8) is 0 Å². The summed E-state index contributed by atoms with van der Waals surface area (Å²) in [6, 6.07) is 0.477. The first-order chi connectivity index (χ1) is 6.85. The Hall–Kier alpha value is 0.230. The molecule has 0 heterocycles. The molecule has 0 saturated carbocycles. The average Bonchev–Trinajstić information content (AvgIpc) is 2.20. The number of thioether (sulfide) groups is 1. The zero-order valence-corrected chi connectivity index (χ0v) is 10.2. The fourth-order valence-corrected chi connectivity index (χ4v) is 1.77. The summed E-state index contributed by atoms with van der Waals surface area (Å²) in [5.41, 5.74) is 5.48. The van der Waals surface area contributed by atoms with E-state index in [9.17, 15) is 0 Å². The summed E-state index contributed by atoms with van der Waals surface area (Å²) in [6.45, 7) is 2.64. The highest BCUT2D eigenvalue weighted by Crippen LogP contribution is 1.98. The Morgan fingerprint density at radius 1 is 1.43 bits per heavy atom. The number of nitrogens with one attached hydrogen (secondary N) is 1. The molecule has 0 spiro atoms. The van der Waals surface area contributed by atoms with E-state index in [0.717, 1.165) is 32.5 Å². The molecule has 3 N–H and O–H groups in total. The van der Waals surface area contributed by atoms with E-state index >= 15 is 0 Å². The molecule has 0 fully saturated rings. The van der Waals surface area contributed by atoms with Gasteiger partial charge in [-0.15, -0.1) is 0 Å². The van der Waals surface area contributed by atoms with Gasteiger partial charge in [0.05, 0.1) is 6.61 Å². The molecule has 86 valence electrons. The Morgan fingerprint density at radius 2 is 2.21 bits per heavy atom. The van der Waals surface area contributed by atoms with Gasteiger partial charge in [-0.05, 0) is 44.4 Å². The molecule has 0 amide bonds. The number of hydrogen-bond acceptors (Lipinski definition) is 4. The van der Waals surface area contributed by atoms with Gasteiger partial charge in [0.1, 0.15) is 0 Å². The lowest BCUT2D eigenvalue weighted by Crippen LogP contribution is -2.34. The van der Waals surface area contributed by atoms with Gasteiger partial charge in [0.25, 0.3) is 0 Å². The molecule has 4 heteroatoms. The van der Waals surface area contributed by atoms with E-state index in [0.29, 0.717) is 6.04 Å². The molecule has 0 aliphatic rings. The van der Waals surface area contributed by atoms with E-state index in [4.69, 9.17) is 10.5 Å². The van der Waals surface area contributed by atoms with Gasteiger partial charge in [-0.25, -0.2) is 0 Å². The van der Waals surface area contributed by atoms with Gasteiger partial charge in [0.15, 0.2) is 0 Å². The maximum absolute atomic E-state index is 5.48. The number of ether oxygens (including phenoxy) is 1. The Labute approximate surface area is 92.2 Å². The number of nitrogens with two attached hydrogens (primary N) is 1. The highest BCUT2D eigenvalue weighted by Gasteiger charge is 2.05. The zero-order valence-electron chi connectivity index (χ0n) is 9.42. The molecule has 3 nitrogen and oxygen atoms in total. The third-order valence-electron chi connectivity index (χ3n) is 2.08. The van der Waals surface area contributed by atoms with E-state index in [1.165, 1.54) is 12.2 Å². The van der Waals surface area contributed by atoms with E-state index in [1.807, 2.05) is 11.8 Å². The fourth-order valence-electron chi connectivity index (χ4n) is 1.33. The predicted octanol–water partition coefficient (Wildman–Crippen LogP) is 1.08. The summed E-state index contributed by atoms with van der Waals surface area (Å²) in [5, 5.41) is 3.50. The molecule has 1 unspecified atom stereocenters. The van der Waals surface area contributed by atoms with Crippen LogP contribution < -0.4 is 11.1 Å². The molecule has 0 aliphatic carbocycles. The molecule has 0 saturated heterocycles. The second-order valence-corrected chi connectivity index (χ2v) is 4.37. The largest absolute Gasteiger partial charge is 0.383 e. The van der Waals surface area contributed by atoms with Crippen LogP contribution in [0.4, 0.5) is 0 Å². The quantitative estimate of drug-likeness (QED) is 0.541. The van der Waals surface area contributed by atoms with E-state index in [-0.39, 0.29) is 0 Å². The maximum Gasteiger partial charge on any atom is 0.0615 e. The molecule has 0 bridgehead atoms. The van der Waals surface area contributed by atoms with Crippen molar-refractivity contribution < 1.29 is 4.74 Å². The Bertz CT molecular complexity index is 114. The van der Waals surface area contributed by atoms with Crippen LogP contribution in [0.2, 0.25) is 0 Å². The van der Waals surface area contributed by atoms with Gasteiger partial charge in [0.2, 0.25) is 0 Å². The lowest BCUT2D eigenvalue weighted by molar-refractivity contribution is 0.162. The first kappa shape index (κ1) is 14.2. The molecular weight excluding hydrogens is 196 g/mol. The van der Waals surface area contributed by atoms with Crippen LogP contribution in [0.3, 0.4) is 0 Å². The van der Waals surface area contributed by atoms with Gasteiger partial charge in [-0.3, -0.25) is 0 Å². The molecule has 0 aromatic carbocycles. The lowest BCUT2D eigenvalue weighted by Gasteiger charge is -2.17. The lowest BCUT2D eigenvalue weighted by atomic mass is 10.1. The van der Waals surface area contributed by atoms with Crippen molar-refractivity contribution in [1.29, 1.82) is 0 Å². The molecule has 0 radical (unpaired) electrons. The summed E-state index contributed by atoms with van der Waals surface area (Å²) in [6.07, 6.45) is 5.55. The summed E-state index contributed by atoms with van der Waals surface area (Å²) in [7, 11) is 1.75. The number of methoxy groups -OCH3 is 1. The van der Waals surface area contributed by atoms with Crippen LogP contribution in [-0.4, -0.2) is 44.9 Å². The minimum Gasteiger partial charge on any atom is -0.383 e. The zero-order chi connectivity index (χ0) is 10.6. The second-order valence-electron chi connectivity index (χ2n) is 3.38. The summed E-state index contributed by atoms with van der Waals surface area (Å²) >= 11 is 1.89. The first-order valence-electron chi connectivity index (χ1n) is 5.26. The van der Waals surface area contributed by atoms with E-state index in [2.05, 4.69) is 11.6 Å². The predicted molar refractivity (Wildman–Crippen MR) is 65.0 cm³/mol. The van der Waals surface area contributed by atoms with E-state index < -0.39 is 0 Å². The van der Waals surface area contributed by atoms with Crippen molar-refractivity contribution in [3.05, 3.63) is 0 Å². The maximum atomic E-state index is 5.48. The van der Waals surface area contributed by atoms with Crippen molar-refractivity contribution in [3.8, 4) is 0 Å². The van der Waals surface area contributed by atoms with Crippen molar-refractivity contribution >= 4 is 11.8 Å². The van der Waals surface area contributed by atoms with Crippen molar-refractivity contribution in [2.24, 2.45) is 5.73 Å². The van der Waals surface area contributed by atoms with Gasteiger partial charge < -0.3 is 15.8 Å². The van der Waals surface area contributed by atoms with Crippen molar-refractivity contribution in [1.82, 2.24) is 5.32 Å². The Morgan fingerprint density at radius 3 is 2.79 bits per heavy atom. The Balaban J connectivity index is 3.40. The summed E-state index contributed by atoms with van der Waals surface area (Å²) < 4.78 is 5.15. The molecule has 1 atom stereocenters. The third-order valence-corrected chi connectivity index (χ3v) is 2.78. The summed E-state index contributed by atoms with van der Waals surface area (Å²) in [4.78, 5) is 0. The molecule has 0 aromatic heterocycles. The van der Waals surface area contributed by atoms with Crippen LogP contribution in [-0.2, 0) is 4.74 Å². The minimum atomic E-state index is 0.477. The topological polar surface area (TPSA) is 47.3 Å². The second kappa shape index (κ2) is 11.3.